The van der Waals surface area contributed by atoms with E-state index >= 15 is 0 Å². The van der Waals surface area contributed by atoms with Crippen molar-refractivity contribution in [3.63, 3.8) is 0 Å². The largest absolute Gasteiger partial charge is 0.335 e. The molecule has 0 bridgehead atoms. The van der Waals surface area contributed by atoms with E-state index in [1.54, 1.807) is 0 Å². The average Bonchev–Trinajstić information content (AvgIpc) is 3.23. The Balaban J connectivity index is 1.38. The van der Waals surface area contributed by atoms with Gasteiger partial charge in [0.25, 0.3) is 5.91 Å². The zero-order valence-corrected chi connectivity index (χ0v) is 17.7. The van der Waals surface area contributed by atoms with Crippen LogP contribution in [-0.4, -0.2) is 58.2 Å². The number of aromatic nitrogens is 2. The van der Waals surface area contributed by atoms with Crippen molar-refractivity contribution in [2.45, 2.75) is 26.2 Å². The van der Waals surface area contributed by atoms with Crippen LogP contribution in [0, 0.1) is 0 Å². The van der Waals surface area contributed by atoms with Crippen molar-refractivity contribution in [2.75, 3.05) is 32.7 Å². The van der Waals surface area contributed by atoms with Crippen LogP contribution in [-0.2, 0) is 12.8 Å². The molecule has 4 rings (SSSR count). The zero-order valence-electron chi connectivity index (χ0n) is 17.7. The summed E-state index contributed by atoms with van der Waals surface area (Å²) in [6.07, 6.45) is 2.98. The molecular formula is C25H30N4O. The fourth-order valence-electron chi connectivity index (χ4n) is 4.02. The Bertz CT molecular complexity index is 944. The van der Waals surface area contributed by atoms with E-state index in [9.17, 15) is 4.79 Å². The second-order valence-corrected chi connectivity index (χ2v) is 7.89. The molecule has 0 spiro atoms. The summed E-state index contributed by atoms with van der Waals surface area (Å²) in [7, 11) is 0. The number of carbonyl (C=O) groups excluding carboxylic acids is 1. The molecule has 3 aromatic rings. The van der Waals surface area contributed by atoms with Crippen LogP contribution in [0.2, 0.25) is 0 Å². The minimum absolute atomic E-state index is 0.0461. The van der Waals surface area contributed by atoms with Crippen LogP contribution in [0.5, 0.6) is 0 Å². The van der Waals surface area contributed by atoms with Crippen molar-refractivity contribution >= 4 is 5.91 Å². The van der Waals surface area contributed by atoms with Crippen LogP contribution < -0.4 is 0 Å². The molecule has 0 saturated carbocycles. The van der Waals surface area contributed by atoms with Crippen LogP contribution in [0.3, 0.4) is 0 Å². The summed E-state index contributed by atoms with van der Waals surface area (Å²) in [6, 6.07) is 22.6. The van der Waals surface area contributed by atoms with Crippen LogP contribution in [0.25, 0.3) is 5.69 Å². The molecule has 0 unspecified atom stereocenters. The molecule has 1 aromatic heterocycles. The van der Waals surface area contributed by atoms with E-state index < -0.39 is 0 Å². The smallest absolute Gasteiger partial charge is 0.274 e. The number of piperazine rings is 1. The van der Waals surface area contributed by atoms with Gasteiger partial charge in [-0.3, -0.25) is 9.69 Å². The van der Waals surface area contributed by atoms with Crippen molar-refractivity contribution in [2.24, 2.45) is 0 Å². The predicted octanol–water partition coefficient (Wildman–Crippen LogP) is 3.83. The van der Waals surface area contributed by atoms with Crippen LogP contribution in [0.15, 0.2) is 66.7 Å². The molecule has 156 valence electrons. The van der Waals surface area contributed by atoms with Gasteiger partial charge in [0.15, 0.2) is 5.69 Å². The number of carbonyl (C=O) groups is 1. The van der Waals surface area contributed by atoms with Crippen molar-refractivity contribution in [3.8, 4) is 5.69 Å². The van der Waals surface area contributed by atoms with E-state index in [1.807, 2.05) is 46.0 Å². The van der Waals surface area contributed by atoms with Gasteiger partial charge in [0.1, 0.15) is 0 Å². The highest BCUT2D eigenvalue weighted by Gasteiger charge is 2.24. The second-order valence-electron chi connectivity index (χ2n) is 7.89. The Hall–Kier alpha value is -2.92. The monoisotopic (exact) mass is 402 g/mol. The first-order chi connectivity index (χ1) is 14.7. The molecule has 1 amide bonds. The van der Waals surface area contributed by atoms with Gasteiger partial charge in [0, 0.05) is 38.4 Å². The molecule has 30 heavy (non-hydrogen) atoms. The van der Waals surface area contributed by atoms with Crippen molar-refractivity contribution < 1.29 is 4.79 Å². The lowest BCUT2D eigenvalue weighted by Gasteiger charge is -2.34. The number of hydrogen-bond donors (Lipinski definition) is 0. The SMILES string of the molecule is CCCc1cc(C(=O)N2CCN(CCc3ccccc3)CC2)nn1-c1ccccc1. The fraction of sp³-hybridized carbons (Fsp3) is 0.360. The molecule has 5 heteroatoms. The van der Waals surface area contributed by atoms with Gasteiger partial charge < -0.3 is 4.90 Å². The van der Waals surface area contributed by atoms with E-state index in [-0.39, 0.29) is 5.91 Å². The first-order valence-electron chi connectivity index (χ1n) is 10.9. The maximum absolute atomic E-state index is 13.1. The van der Waals surface area contributed by atoms with E-state index in [0.717, 1.165) is 63.4 Å². The Labute approximate surface area is 178 Å². The molecule has 1 aliphatic rings. The van der Waals surface area contributed by atoms with Gasteiger partial charge in [-0.15, -0.1) is 0 Å². The van der Waals surface area contributed by atoms with Gasteiger partial charge in [0.2, 0.25) is 0 Å². The molecular weight excluding hydrogens is 372 g/mol. The first kappa shape index (κ1) is 20.4. The molecule has 0 radical (unpaired) electrons. The summed E-state index contributed by atoms with van der Waals surface area (Å²) in [5.41, 5.74) is 4.02. The quantitative estimate of drug-likeness (QED) is 0.603. The molecule has 1 fully saturated rings. The molecule has 0 N–H and O–H groups in total. The number of para-hydroxylation sites is 1. The number of rotatable bonds is 7. The van der Waals surface area contributed by atoms with E-state index in [1.165, 1.54) is 5.56 Å². The Kier molecular flexibility index (Phi) is 6.60. The van der Waals surface area contributed by atoms with Crippen molar-refractivity contribution in [1.29, 1.82) is 0 Å². The lowest BCUT2D eigenvalue weighted by atomic mass is 10.1. The molecule has 0 atom stereocenters. The van der Waals surface area contributed by atoms with E-state index in [4.69, 9.17) is 0 Å². The van der Waals surface area contributed by atoms with Gasteiger partial charge in [-0.1, -0.05) is 61.9 Å². The second kappa shape index (κ2) is 9.72. The predicted molar refractivity (Wildman–Crippen MR) is 120 cm³/mol. The van der Waals surface area contributed by atoms with Crippen LogP contribution >= 0.6 is 0 Å². The summed E-state index contributed by atoms with van der Waals surface area (Å²) < 4.78 is 1.92. The van der Waals surface area contributed by atoms with Crippen molar-refractivity contribution in [3.05, 3.63) is 83.7 Å². The minimum Gasteiger partial charge on any atom is -0.335 e. The van der Waals surface area contributed by atoms with Gasteiger partial charge in [-0.05, 0) is 36.6 Å². The topological polar surface area (TPSA) is 41.4 Å². The van der Waals surface area contributed by atoms with Crippen LogP contribution in [0.4, 0.5) is 0 Å². The van der Waals surface area contributed by atoms with Gasteiger partial charge >= 0.3 is 0 Å². The molecule has 2 aromatic carbocycles. The highest BCUT2D eigenvalue weighted by atomic mass is 16.2. The highest BCUT2D eigenvalue weighted by molar-refractivity contribution is 5.92. The van der Waals surface area contributed by atoms with Crippen molar-refractivity contribution in [1.82, 2.24) is 19.6 Å². The van der Waals surface area contributed by atoms with Crippen LogP contribution in [0.1, 0.15) is 35.1 Å². The summed E-state index contributed by atoms with van der Waals surface area (Å²) in [5.74, 6) is 0.0461. The van der Waals surface area contributed by atoms with Gasteiger partial charge in [0.05, 0.1) is 5.69 Å². The Morgan fingerprint density at radius 1 is 0.900 bits per heavy atom. The Morgan fingerprint density at radius 2 is 1.57 bits per heavy atom. The number of hydrogen-bond acceptors (Lipinski definition) is 3. The number of aryl methyl sites for hydroxylation is 1. The maximum Gasteiger partial charge on any atom is 0.274 e. The molecule has 5 nitrogen and oxygen atoms in total. The summed E-state index contributed by atoms with van der Waals surface area (Å²) in [4.78, 5) is 17.5. The number of amides is 1. The molecule has 0 aliphatic carbocycles. The lowest BCUT2D eigenvalue weighted by Crippen LogP contribution is -2.49. The molecule has 1 aliphatic heterocycles. The maximum atomic E-state index is 13.1. The van der Waals surface area contributed by atoms with Gasteiger partial charge in [-0.2, -0.15) is 5.10 Å². The zero-order chi connectivity index (χ0) is 20.8. The highest BCUT2D eigenvalue weighted by Crippen LogP contribution is 2.16. The normalized spacial score (nSPS) is 14.8. The van der Waals surface area contributed by atoms with E-state index in [2.05, 4.69) is 47.3 Å². The summed E-state index contributed by atoms with van der Waals surface area (Å²) in [6.45, 7) is 6.54. The third-order valence-electron chi connectivity index (χ3n) is 5.73. The first-order valence-corrected chi connectivity index (χ1v) is 10.9. The molecule has 2 heterocycles. The summed E-state index contributed by atoms with van der Waals surface area (Å²) >= 11 is 0. The summed E-state index contributed by atoms with van der Waals surface area (Å²) in [5, 5.41) is 4.68. The lowest BCUT2D eigenvalue weighted by molar-refractivity contribution is 0.0632. The fourth-order valence-corrected chi connectivity index (χ4v) is 4.02. The third kappa shape index (κ3) is 4.79. The third-order valence-corrected chi connectivity index (χ3v) is 5.73. The minimum atomic E-state index is 0.0461. The molecule has 1 saturated heterocycles. The van der Waals surface area contributed by atoms with E-state index in [0.29, 0.717) is 5.69 Å². The Morgan fingerprint density at radius 3 is 2.23 bits per heavy atom. The average molecular weight is 403 g/mol. The standard InChI is InChI=1S/C25H30N4O/c1-2-9-23-20-24(26-29(23)22-12-7-4-8-13-22)25(30)28-18-16-27(17-19-28)15-14-21-10-5-3-6-11-21/h3-8,10-13,20H,2,9,14-19H2,1H3. The number of benzene rings is 2. The van der Waals surface area contributed by atoms with Gasteiger partial charge in [-0.25, -0.2) is 4.68 Å². The number of nitrogens with zero attached hydrogens (tertiary/aromatic N) is 4.